The molecule has 0 bridgehead atoms. The van der Waals surface area contributed by atoms with Crippen LogP contribution in [0.25, 0.3) is 17.0 Å². The predicted octanol–water partition coefficient (Wildman–Crippen LogP) is 0.454. The van der Waals surface area contributed by atoms with Crippen LogP contribution in [0.5, 0.6) is 0 Å². The molecule has 3 aromatic rings. The molecule has 0 atom stereocenters. The van der Waals surface area contributed by atoms with Crippen LogP contribution < -0.4 is 5.43 Å². The second-order valence-electron chi connectivity index (χ2n) is 4.26. The van der Waals surface area contributed by atoms with Gasteiger partial charge in [-0.1, -0.05) is 40.1 Å². The molecule has 0 aliphatic heterocycles. The molecule has 0 fully saturated rings. The van der Waals surface area contributed by atoms with Crippen LogP contribution in [0.2, 0.25) is 0 Å². The lowest BCUT2D eigenvalue weighted by atomic mass is 10.1. The van der Waals surface area contributed by atoms with Gasteiger partial charge < -0.3 is 5.11 Å². The number of carboxylic acids is 1. The zero-order valence-corrected chi connectivity index (χ0v) is 11.4. The minimum Gasteiger partial charge on any atom is -0.477 e. The molecule has 3 rings (SSSR count). The number of nitrogens with zero attached hydrogens (tertiary/aromatic N) is 7. The number of hydrogen-bond acceptors (Lipinski definition) is 8. The summed E-state index contributed by atoms with van der Waals surface area (Å²) in [5, 5.41) is 27.7. The van der Waals surface area contributed by atoms with Gasteiger partial charge in [0.15, 0.2) is 5.82 Å². The second-order valence-corrected chi connectivity index (χ2v) is 4.26. The van der Waals surface area contributed by atoms with Gasteiger partial charge in [0.2, 0.25) is 0 Å². The molecule has 10 nitrogen and oxygen atoms in total. The fourth-order valence-electron chi connectivity index (χ4n) is 1.66. The number of anilines is 1. The first kappa shape index (κ1) is 13.5. The predicted molar refractivity (Wildman–Crippen MR) is 76.2 cm³/mol. The van der Waals surface area contributed by atoms with E-state index in [9.17, 15) is 4.79 Å². The number of rotatable bonds is 4. The molecule has 2 N–H and O–H groups in total. The van der Waals surface area contributed by atoms with Crippen LogP contribution in [-0.4, -0.2) is 47.0 Å². The second kappa shape index (κ2) is 5.52. The Morgan fingerprint density at radius 2 is 2.09 bits per heavy atom. The van der Waals surface area contributed by atoms with Crippen LogP contribution in [0.15, 0.2) is 35.4 Å². The standard InChI is InChI=1S/C12H10N8O2/c1-7(11(21)22)14-15-10-9(8-5-3-2-4-6-8)17-20-12(13-10)16-18-19-20/h2-6H,1H3,(H,21,22)(H,13,15,16,19). The number of benzene rings is 1. The van der Waals surface area contributed by atoms with Gasteiger partial charge in [-0.25, -0.2) is 4.79 Å². The van der Waals surface area contributed by atoms with Crippen molar-refractivity contribution in [3.05, 3.63) is 30.3 Å². The molecule has 2 aromatic heterocycles. The van der Waals surface area contributed by atoms with Crippen molar-refractivity contribution in [3.8, 4) is 11.3 Å². The molecule has 2 heterocycles. The first-order chi connectivity index (χ1) is 10.6. The van der Waals surface area contributed by atoms with E-state index in [1.807, 2.05) is 30.3 Å². The van der Waals surface area contributed by atoms with E-state index in [4.69, 9.17) is 5.11 Å². The molecule has 0 saturated heterocycles. The first-order valence-electron chi connectivity index (χ1n) is 6.20. The number of hydrogen-bond donors (Lipinski definition) is 2. The monoisotopic (exact) mass is 298 g/mol. The van der Waals surface area contributed by atoms with E-state index in [1.54, 1.807) is 0 Å². The van der Waals surface area contributed by atoms with Gasteiger partial charge in [-0.15, -0.1) is 5.10 Å². The molecule has 0 aliphatic rings. The number of carbonyl (C=O) groups is 1. The van der Waals surface area contributed by atoms with Gasteiger partial charge in [0, 0.05) is 5.56 Å². The average Bonchev–Trinajstić information content (AvgIpc) is 2.99. The minimum atomic E-state index is -1.13. The molecule has 0 saturated carbocycles. The van der Waals surface area contributed by atoms with E-state index in [-0.39, 0.29) is 17.3 Å². The topological polar surface area (TPSA) is 131 Å². The van der Waals surface area contributed by atoms with Crippen LogP contribution in [0.4, 0.5) is 5.82 Å². The maximum atomic E-state index is 10.8. The van der Waals surface area contributed by atoms with E-state index in [1.165, 1.54) is 11.6 Å². The molecular formula is C12H10N8O2. The van der Waals surface area contributed by atoms with Crippen LogP contribution in [0.3, 0.4) is 0 Å². The van der Waals surface area contributed by atoms with Crippen molar-refractivity contribution in [2.75, 3.05) is 5.43 Å². The van der Waals surface area contributed by atoms with E-state index in [0.29, 0.717) is 5.69 Å². The van der Waals surface area contributed by atoms with Crippen molar-refractivity contribution in [1.82, 2.24) is 30.2 Å². The molecule has 22 heavy (non-hydrogen) atoms. The third-order valence-electron chi connectivity index (χ3n) is 2.75. The molecule has 110 valence electrons. The van der Waals surface area contributed by atoms with Crippen LogP contribution >= 0.6 is 0 Å². The fraction of sp³-hybridized carbons (Fsp3) is 0.0833. The normalized spacial score (nSPS) is 11.6. The smallest absolute Gasteiger partial charge is 0.351 e. The summed E-state index contributed by atoms with van der Waals surface area (Å²) < 4.78 is 1.18. The SMILES string of the molecule is CC(=NNc1nc2nnnn2nc1-c1ccccc1)C(=O)O. The molecule has 10 heteroatoms. The Morgan fingerprint density at radius 3 is 2.82 bits per heavy atom. The highest BCUT2D eigenvalue weighted by Crippen LogP contribution is 2.23. The summed E-state index contributed by atoms with van der Waals surface area (Å²) in [5.41, 5.74) is 3.70. The Morgan fingerprint density at radius 1 is 1.32 bits per heavy atom. The van der Waals surface area contributed by atoms with Crippen molar-refractivity contribution in [2.24, 2.45) is 5.10 Å². The Hall–Kier alpha value is -3.43. The number of carboxylic acid groups (broad SMARTS) is 1. The summed E-state index contributed by atoms with van der Waals surface area (Å²) in [6.07, 6.45) is 0. The molecule has 0 unspecified atom stereocenters. The maximum Gasteiger partial charge on any atom is 0.351 e. The van der Waals surface area contributed by atoms with Crippen LogP contribution in [0, 0.1) is 0 Å². The summed E-state index contributed by atoms with van der Waals surface area (Å²) >= 11 is 0. The van der Waals surface area contributed by atoms with Crippen LogP contribution in [0.1, 0.15) is 6.92 Å². The van der Waals surface area contributed by atoms with Gasteiger partial charge in [0.1, 0.15) is 11.4 Å². The zero-order valence-electron chi connectivity index (χ0n) is 11.4. The number of aromatic nitrogens is 6. The number of tetrazole rings is 1. The van der Waals surface area contributed by atoms with E-state index in [0.717, 1.165) is 5.56 Å². The molecule has 1 aromatic carbocycles. The Bertz CT molecular complexity index is 858. The maximum absolute atomic E-state index is 10.8. The van der Waals surface area contributed by atoms with Crippen molar-refractivity contribution < 1.29 is 9.90 Å². The lowest BCUT2D eigenvalue weighted by Crippen LogP contribution is -2.12. The Kier molecular flexibility index (Phi) is 3.40. The van der Waals surface area contributed by atoms with Crippen molar-refractivity contribution in [1.29, 1.82) is 0 Å². The van der Waals surface area contributed by atoms with Gasteiger partial charge >= 0.3 is 5.97 Å². The number of nitrogens with one attached hydrogen (secondary N) is 1. The van der Waals surface area contributed by atoms with Gasteiger partial charge in [-0.05, 0) is 17.4 Å². The van der Waals surface area contributed by atoms with E-state index < -0.39 is 5.97 Å². The number of aliphatic carboxylic acids is 1. The van der Waals surface area contributed by atoms with Crippen molar-refractivity contribution >= 4 is 23.3 Å². The largest absolute Gasteiger partial charge is 0.477 e. The highest BCUT2D eigenvalue weighted by molar-refractivity contribution is 6.34. The number of hydrazone groups is 1. The third-order valence-corrected chi connectivity index (χ3v) is 2.75. The third kappa shape index (κ3) is 2.57. The van der Waals surface area contributed by atoms with Crippen molar-refractivity contribution in [3.63, 3.8) is 0 Å². The van der Waals surface area contributed by atoms with Crippen molar-refractivity contribution in [2.45, 2.75) is 6.92 Å². The van der Waals surface area contributed by atoms with Crippen LogP contribution in [-0.2, 0) is 4.79 Å². The molecule has 0 radical (unpaired) electrons. The Labute approximate surface area is 123 Å². The van der Waals surface area contributed by atoms with Gasteiger partial charge in [-0.2, -0.15) is 10.1 Å². The zero-order chi connectivity index (χ0) is 15.5. The lowest BCUT2D eigenvalue weighted by Gasteiger charge is -2.07. The van der Waals surface area contributed by atoms with Gasteiger partial charge in [0.05, 0.1) is 0 Å². The average molecular weight is 298 g/mol. The summed E-state index contributed by atoms with van der Waals surface area (Å²) in [6, 6.07) is 9.22. The minimum absolute atomic E-state index is 0.111. The molecule has 0 amide bonds. The molecule has 0 aliphatic carbocycles. The molecular weight excluding hydrogens is 288 g/mol. The summed E-state index contributed by atoms with van der Waals surface area (Å²) in [5.74, 6) is -0.702. The fourth-order valence-corrected chi connectivity index (χ4v) is 1.66. The quantitative estimate of drug-likeness (QED) is 0.524. The highest BCUT2D eigenvalue weighted by atomic mass is 16.4. The Balaban J connectivity index is 2.10. The number of fused-ring (bicyclic) bond motifs is 1. The first-order valence-corrected chi connectivity index (χ1v) is 6.20. The lowest BCUT2D eigenvalue weighted by molar-refractivity contribution is -0.129. The van der Waals surface area contributed by atoms with E-state index in [2.05, 4.69) is 36.1 Å². The van der Waals surface area contributed by atoms with Gasteiger partial charge in [0.25, 0.3) is 5.78 Å². The van der Waals surface area contributed by atoms with Gasteiger partial charge in [-0.3, -0.25) is 5.43 Å². The molecule has 0 spiro atoms. The summed E-state index contributed by atoms with van der Waals surface area (Å²) in [7, 11) is 0. The van der Waals surface area contributed by atoms with E-state index >= 15 is 0 Å². The summed E-state index contributed by atoms with van der Waals surface area (Å²) in [4.78, 5) is 15.0. The summed E-state index contributed by atoms with van der Waals surface area (Å²) in [6.45, 7) is 1.36. The highest BCUT2D eigenvalue weighted by Gasteiger charge is 2.13.